The van der Waals surface area contributed by atoms with Crippen LogP contribution < -0.4 is 5.32 Å². The van der Waals surface area contributed by atoms with Crippen molar-refractivity contribution in [2.24, 2.45) is 5.41 Å². The summed E-state index contributed by atoms with van der Waals surface area (Å²) in [6.45, 7) is 11.7. The lowest BCUT2D eigenvalue weighted by atomic mass is 9.81. The highest BCUT2D eigenvalue weighted by atomic mass is 32.1. The minimum absolute atomic E-state index is 0.510. The van der Waals surface area contributed by atoms with Crippen LogP contribution in [0.1, 0.15) is 44.9 Å². The molecule has 1 saturated heterocycles. The molecule has 2 nitrogen and oxygen atoms in total. The van der Waals surface area contributed by atoms with Crippen molar-refractivity contribution in [1.82, 2.24) is 10.2 Å². The SMILES string of the molecule is CCCC1(CN(Cc2cccs2)C(C)C)CCNC1. The van der Waals surface area contributed by atoms with Gasteiger partial charge in [0.25, 0.3) is 0 Å². The topological polar surface area (TPSA) is 15.3 Å². The molecule has 1 aliphatic rings. The molecule has 1 atom stereocenters. The molecule has 108 valence electrons. The van der Waals surface area contributed by atoms with Gasteiger partial charge in [-0.1, -0.05) is 19.4 Å². The zero-order valence-corrected chi connectivity index (χ0v) is 13.4. The van der Waals surface area contributed by atoms with Crippen LogP contribution in [0.3, 0.4) is 0 Å². The van der Waals surface area contributed by atoms with Crippen LogP contribution in [0.2, 0.25) is 0 Å². The number of hydrogen-bond donors (Lipinski definition) is 1. The van der Waals surface area contributed by atoms with Gasteiger partial charge in [-0.2, -0.15) is 0 Å². The van der Waals surface area contributed by atoms with Crippen LogP contribution >= 0.6 is 11.3 Å². The molecule has 1 N–H and O–H groups in total. The predicted molar refractivity (Wildman–Crippen MR) is 84.7 cm³/mol. The Morgan fingerprint density at radius 1 is 1.47 bits per heavy atom. The first kappa shape index (κ1) is 15.0. The summed E-state index contributed by atoms with van der Waals surface area (Å²) in [5.74, 6) is 0. The van der Waals surface area contributed by atoms with Crippen molar-refractivity contribution >= 4 is 11.3 Å². The van der Waals surface area contributed by atoms with E-state index in [1.165, 1.54) is 43.8 Å². The van der Waals surface area contributed by atoms with Gasteiger partial charge in [-0.25, -0.2) is 0 Å². The van der Waals surface area contributed by atoms with Crippen molar-refractivity contribution in [2.75, 3.05) is 19.6 Å². The zero-order chi connectivity index (χ0) is 13.7. The van der Waals surface area contributed by atoms with Crippen LogP contribution in [-0.4, -0.2) is 30.6 Å². The van der Waals surface area contributed by atoms with E-state index < -0.39 is 0 Å². The Morgan fingerprint density at radius 3 is 2.84 bits per heavy atom. The highest BCUT2D eigenvalue weighted by Crippen LogP contribution is 2.33. The second-order valence-electron chi connectivity index (χ2n) is 6.25. The van der Waals surface area contributed by atoms with Crippen LogP contribution in [0.25, 0.3) is 0 Å². The standard InChI is InChI=1S/C16H28N2S/c1-4-7-16(8-9-17-12-16)13-18(14(2)3)11-15-6-5-10-19-15/h5-6,10,14,17H,4,7-9,11-13H2,1-3H3. The first-order chi connectivity index (χ1) is 9.15. The van der Waals surface area contributed by atoms with Gasteiger partial charge < -0.3 is 5.32 Å². The first-order valence-corrected chi connectivity index (χ1v) is 8.50. The summed E-state index contributed by atoms with van der Waals surface area (Å²) in [6.07, 6.45) is 3.99. The molecule has 1 aromatic rings. The second-order valence-corrected chi connectivity index (χ2v) is 7.29. The van der Waals surface area contributed by atoms with Gasteiger partial charge in [0, 0.05) is 30.6 Å². The van der Waals surface area contributed by atoms with Crippen molar-refractivity contribution in [3.05, 3.63) is 22.4 Å². The van der Waals surface area contributed by atoms with Crippen LogP contribution in [0.15, 0.2) is 17.5 Å². The highest BCUT2D eigenvalue weighted by Gasteiger charge is 2.35. The van der Waals surface area contributed by atoms with Gasteiger partial charge in [-0.15, -0.1) is 11.3 Å². The maximum atomic E-state index is 3.58. The molecular formula is C16H28N2S. The monoisotopic (exact) mass is 280 g/mol. The third-order valence-corrected chi connectivity index (χ3v) is 5.18. The molecule has 1 fully saturated rings. The maximum absolute atomic E-state index is 3.58. The molecule has 0 saturated carbocycles. The summed E-state index contributed by atoms with van der Waals surface area (Å²) in [6, 6.07) is 5.05. The van der Waals surface area contributed by atoms with Gasteiger partial charge >= 0.3 is 0 Å². The fourth-order valence-corrected chi connectivity index (χ4v) is 3.94. The lowest BCUT2D eigenvalue weighted by molar-refractivity contribution is 0.119. The van der Waals surface area contributed by atoms with Gasteiger partial charge in [0.1, 0.15) is 0 Å². The molecule has 2 rings (SSSR count). The number of nitrogens with zero attached hydrogens (tertiary/aromatic N) is 1. The fourth-order valence-electron chi connectivity index (χ4n) is 3.21. The van der Waals surface area contributed by atoms with Gasteiger partial charge in [0.15, 0.2) is 0 Å². The summed E-state index contributed by atoms with van der Waals surface area (Å²) >= 11 is 1.88. The van der Waals surface area contributed by atoms with Crippen molar-refractivity contribution in [1.29, 1.82) is 0 Å². The predicted octanol–water partition coefficient (Wildman–Crippen LogP) is 3.74. The van der Waals surface area contributed by atoms with Gasteiger partial charge in [-0.3, -0.25) is 4.90 Å². The van der Waals surface area contributed by atoms with E-state index in [2.05, 4.69) is 48.5 Å². The van der Waals surface area contributed by atoms with E-state index in [1.807, 2.05) is 11.3 Å². The summed E-state index contributed by atoms with van der Waals surface area (Å²) in [7, 11) is 0. The van der Waals surface area contributed by atoms with E-state index in [9.17, 15) is 0 Å². The van der Waals surface area contributed by atoms with E-state index >= 15 is 0 Å². The highest BCUT2D eigenvalue weighted by molar-refractivity contribution is 7.09. The maximum Gasteiger partial charge on any atom is 0.0330 e. The Kier molecular flexibility index (Phi) is 5.43. The van der Waals surface area contributed by atoms with Gasteiger partial charge in [0.05, 0.1) is 0 Å². The molecule has 2 heterocycles. The van der Waals surface area contributed by atoms with Crippen LogP contribution in [-0.2, 0) is 6.54 Å². The van der Waals surface area contributed by atoms with Crippen molar-refractivity contribution < 1.29 is 0 Å². The summed E-state index contributed by atoms with van der Waals surface area (Å²) in [5, 5.41) is 5.76. The fraction of sp³-hybridized carbons (Fsp3) is 0.750. The minimum atomic E-state index is 0.510. The molecular weight excluding hydrogens is 252 g/mol. The molecule has 19 heavy (non-hydrogen) atoms. The van der Waals surface area contributed by atoms with E-state index in [0.29, 0.717) is 11.5 Å². The Bertz CT molecular complexity index is 353. The normalized spacial score (nSPS) is 23.6. The zero-order valence-electron chi connectivity index (χ0n) is 12.6. The van der Waals surface area contributed by atoms with Crippen LogP contribution in [0.5, 0.6) is 0 Å². The molecule has 0 spiro atoms. The summed E-state index contributed by atoms with van der Waals surface area (Å²) in [5.41, 5.74) is 0.510. The molecule has 0 aliphatic carbocycles. The molecule has 0 radical (unpaired) electrons. The Balaban J connectivity index is 2.02. The van der Waals surface area contributed by atoms with Crippen LogP contribution in [0, 0.1) is 5.41 Å². The molecule has 0 bridgehead atoms. The Morgan fingerprint density at radius 2 is 2.32 bits per heavy atom. The molecule has 1 unspecified atom stereocenters. The molecule has 1 aliphatic heterocycles. The Labute approximate surface area is 122 Å². The lowest BCUT2D eigenvalue weighted by Crippen LogP contribution is -2.42. The lowest BCUT2D eigenvalue weighted by Gasteiger charge is -2.37. The average Bonchev–Trinajstić information content (AvgIpc) is 3.01. The van der Waals surface area contributed by atoms with E-state index in [4.69, 9.17) is 0 Å². The second kappa shape index (κ2) is 6.87. The van der Waals surface area contributed by atoms with Crippen molar-refractivity contribution in [2.45, 2.75) is 52.6 Å². The average molecular weight is 280 g/mol. The van der Waals surface area contributed by atoms with Crippen LogP contribution in [0.4, 0.5) is 0 Å². The van der Waals surface area contributed by atoms with Gasteiger partial charge in [0.2, 0.25) is 0 Å². The third kappa shape index (κ3) is 4.04. The minimum Gasteiger partial charge on any atom is -0.316 e. The van der Waals surface area contributed by atoms with Gasteiger partial charge in [-0.05, 0) is 50.1 Å². The molecule has 0 aromatic carbocycles. The third-order valence-electron chi connectivity index (χ3n) is 4.32. The number of nitrogens with one attached hydrogen (secondary N) is 1. The largest absolute Gasteiger partial charge is 0.316 e. The Hall–Kier alpha value is -0.380. The summed E-state index contributed by atoms with van der Waals surface area (Å²) in [4.78, 5) is 4.15. The van der Waals surface area contributed by atoms with E-state index in [0.717, 1.165) is 6.54 Å². The number of rotatable bonds is 7. The molecule has 3 heteroatoms. The summed E-state index contributed by atoms with van der Waals surface area (Å²) < 4.78 is 0. The number of thiophene rings is 1. The first-order valence-electron chi connectivity index (χ1n) is 7.62. The van der Waals surface area contributed by atoms with E-state index in [-0.39, 0.29) is 0 Å². The molecule has 0 amide bonds. The van der Waals surface area contributed by atoms with E-state index in [1.54, 1.807) is 0 Å². The van der Waals surface area contributed by atoms with Crippen molar-refractivity contribution in [3.8, 4) is 0 Å². The smallest absolute Gasteiger partial charge is 0.0330 e. The quantitative estimate of drug-likeness (QED) is 0.818. The molecule has 1 aromatic heterocycles. The van der Waals surface area contributed by atoms with Crippen molar-refractivity contribution in [3.63, 3.8) is 0 Å². The number of hydrogen-bond acceptors (Lipinski definition) is 3.